The molecular weight excluding hydrogens is 204 g/mol. The molecule has 0 radical (unpaired) electrons. The lowest BCUT2D eigenvalue weighted by atomic mass is 10.5. The lowest BCUT2D eigenvalue weighted by Crippen LogP contribution is -1.96. The number of nitrogens with zero attached hydrogens (tertiary/aromatic N) is 3. The third kappa shape index (κ3) is 2.22. The van der Waals surface area contributed by atoms with Crippen LogP contribution in [0.25, 0.3) is 0 Å². The van der Waals surface area contributed by atoms with Gasteiger partial charge >= 0.3 is 0 Å². The van der Waals surface area contributed by atoms with Gasteiger partial charge in [0.1, 0.15) is 5.82 Å². The molecule has 0 saturated carbocycles. The summed E-state index contributed by atoms with van der Waals surface area (Å²) in [6.45, 7) is 2.66. The van der Waals surface area contributed by atoms with Crippen LogP contribution < -0.4 is 5.32 Å². The minimum atomic E-state index is 0.777. The van der Waals surface area contributed by atoms with Crippen molar-refractivity contribution in [3.8, 4) is 0 Å². The van der Waals surface area contributed by atoms with Gasteiger partial charge in [0.2, 0.25) is 5.13 Å². The molecule has 1 N–H and O–H groups in total. The summed E-state index contributed by atoms with van der Waals surface area (Å²) in [5.74, 6) is 0.816. The lowest BCUT2D eigenvalue weighted by Gasteiger charge is -1.96. The van der Waals surface area contributed by atoms with Gasteiger partial charge < -0.3 is 5.32 Å². The molecule has 0 amide bonds. The zero-order chi connectivity index (χ0) is 9.10. The van der Waals surface area contributed by atoms with Crippen LogP contribution in [0.5, 0.6) is 0 Å². The molecular formula is C7H8N4S2. The third-order valence-corrected chi connectivity index (χ3v) is 2.97. The highest BCUT2D eigenvalue weighted by molar-refractivity contribution is 7.10. The maximum Gasteiger partial charge on any atom is 0.202 e. The molecule has 2 aromatic rings. The van der Waals surface area contributed by atoms with Crippen molar-refractivity contribution in [2.75, 3.05) is 5.32 Å². The van der Waals surface area contributed by atoms with Gasteiger partial charge in [-0.25, -0.2) is 4.98 Å². The van der Waals surface area contributed by atoms with E-state index in [-0.39, 0.29) is 0 Å². The van der Waals surface area contributed by atoms with Gasteiger partial charge in [-0.05, 0) is 6.92 Å². The number of aromatic nitrogens is 3. The summed E-state index contributed by atoms with van der Waals surface area (Å²) in [7, 11) is 0. The number of aryl methyl sites for hydroxylation is 1. The van der Waals surface area contributed by atoms with E-state index in [2.05, 4.69) is 19.7 Å². The molecule has 13 heavy (non-hydrogen) atoms. The van der Waals surface area contributed by atoms with Gasteiger partial charge in [0, 0.05) is 22.6 Å². The quantitative estimate of drug-likeness (QED) is 0.844. The van der Waals surface area contributed by atoms with E-state index in [4.69, 9.17) is 0 Å². The summed E-state index contributed by atoms with van der Waals surface area (Å²) in [5, 5.41) is 4.05. The van der Waals surface area contributed by atoms with E-state index < -0.39 is 0 Å². The topological polar surface area (TPSA) is 50.7 Å². The van der Waals surface area contributed by atoms with Gasteiger partial charge in [-0.3, -0.25) is 4.98 Å². The summed E-state index contributed by atoms with van der Waals surface area (Å²) < 4.78 is 4.07. The van der Waals surface area contributed by atoms with Crippen LogP contribution in [0.15, 0.2) is 11.7 Å². The van der Waals surface area contributed by atoms with E-state index >= 15 is 0 Å². The maximum absolute atomic E-state index is 4.19. The van der Waals surface area contributed by atoms with Gasteiger partial charge in [0.05, 0.1) is 12.1 Å². The molecule has 2 rings (SSSR count). The fourth-order valence-electron chi connectivity index (χ4n) is 0.861. The first-order valence-electron chi connectivity index (χ1n) is 3.76. The van der Waals surface area contributed by atoms with Crippen LogP contribution >= 0.6 is 22.9 Å². The van der Waals surface area contributed by atoms with Crippen molar-refractivity contribution in [1.82, 2.24) is 14.3 Å². The fraction of sp³-hybridized carbons (Fsp3) is 0.286. The Hall–Kier alpha value is -1.01. The summed E-state index contributed by atoms with van der Waals surface area (Å²) in [5.41, 5.74) is 1.82. The van der Waals surface area contributed by atoms with Crippen LogP contribution in [0.2, 0.25) is 0 Å². The van der Waals surface area contributed by atoms with E-state index in [0.717, 1.165) is 17.5 Å². The highest BCUT2D eigenvalue weighted by Gasteiger charge is 1.99. The van der Waals surface area contributed by atoms with Crippen molar-refractivity contribution in [1.29, 1.82) is 0 Å². The molecule has 68 valence electrons. The predicted octanol–water partition coefficient (Wildman–Crippen LogP) is 1.92. The lowest BCUT2D eigenvalue weighted by molar-refractivity contribution is 1.11. The molecule has 0 aromatic carbocycles. The zero-order valence-electron chi connectivity index (χ0n) is 7.02. The van der Waals surface area contributed by atoms with Crippen LogP contribution in [0.4, 0.5) is 5.13 Å². The average molecular weight is 212 g/mol. The summed E-state index contributed by atoms with van der Waals surface area (Å²) in [6.07, 6.45) is 1.85. The standard InChI is InChI=1S/C7H8N4S2/c1-5-10-7(13-11-5)9-3-6-2-8-4-12-6/h2,4H,3H2,1H3,(H,9,10,11). The Morgan fingerprint density at radius 3 is 3.08 bits per heavy atom. The van der Waals surface area contributed by atoms with Crippen LogP contribution in [-0.2, 0) is 6.54 Å². The number of hydrogen-bond donors (Lipinski definition) is 1. The molecule has 0 aliphatic rings. The first-order valence-corrected chi connectivity index (χ1v) is 5.41. The Morgan fingerprint density at radius 1 is 1.54 bits per heavy atom. The number of anilines is 1. The van der Waals surface area contributed by atoms with Gasteiger partial charge in [0.25, 0.3) is 0 Å². The van der Waals surface area contributed by atoms with E-state index in [1.54, 1.807) is 11.3 Å². The number of nitrogens with one attached hydrogen (secondary N) is 1. The maximum atomic E-state index is 4.19. The van der Waals surface area contributed by atoms with Gasteiger partial charge in [-0.2, -0.15) is 4.37 Å². The monoisotopic (exact) mass is 212 g/mol. The van der Waals surface area contributed by atoms with E-state index in [9.17, 15) is 0 Å². The summed E-state index contributed by atoms with van der Waals surface area (Å²) in [4.78, 5) is 9.38. The minimum Gasteiger partial charge on any atom is -0.355 e. The van der Waals surface area contributed by atoms with E-state index in [0.29, 0.717) is 0 Å². The first kappa shape index (κ1) is 8.58. The summed E-state index contributed by atoms with van der Waals surface area (Å²) in [6, 6.07) is 0. The van der Waals surface area contributed by atoms with Crippen molar-refractivity contribution in [2.45, 2.75) is 13.5 Å². The van der Waals surface area contributed by atoms with Crippen LogP contribution in [-0.4, -0.2) is 14.3 Å². The van der Waals surface area contributed by atoms with Crippen molar-refractivity contribution in [3.63, 3.8) is 0 Å². The number of thiazole rings is 1. The minimum absolute atomic E-state index is 0.777. The molecule has 0 saturated heterocycles. The molecule has 0 fully saturated rings. The highest BCUT2D eigenvalue weighted by Crippen LogP contribution is 2.13. The first-order chi connectivity index (χ1) is 6.34. The summed E-state index contributed by atoms with van der Waals surface area (Å²) >= 11 is 3.02. The molecule has 2 heterocycles. The smallest absolute Gasteiger partial charge is 0.202 e. The molecule has 0 atom stereocenters. The van der Waals surface area contributed by atoms with Crippen LogP contribution in [0.1, 0.15) is 10.7 Å². The molecule has 0 unspecified atom stereocenters. The molecule has 0 aliphatic carbocycles. The van der Waals surface area contributed by atoms with Crippen LogP contribution in [0.3, 0.4) is 0 Å². The van der Waals surface area contributed by atoms with Crippen molar-refractivity contribution in [2.24, 2.45) is 0 Å². The van der Waals surface area contributed by atoms with Crippen molar-refractivity contribution < 1.29 is 0 Å². The second kappa shape index (κ2) is 3.80. The predicted molar refractivity (Wildman–Crippen MR) is 54.1 cm³/mol. The normalized spacial score (nSPS) is 10.2. The van der Waals surface area contributed by atoms with E-state index in [1.807, 2.05) is 18.6 Å². The van der Waals surface area contributed by atoms with Crippen molar-refractivity contribution in [3.05, 3.63) is 22.4 Å². The SMILES string of the molecule is Cc1nsc(NCc2cncs2)n1. The molecule has 0 aliphatic heterocycles. The number of hydrogen-bond acceptors (Lipinski definition) is 6. The zero-order valence-corrected chi connectivity index (χ0v) is 8.65. The van der Waals surface area contributed by atoms with Crippen LogP contribution in [0, 0.1) is 6.92 Å². The Kier molecular flexibility index (Phi) is 2.51. The highest BCUT2D eigenvalue weighted by atomic mass is 32.1. The Balaban J connectivity index is 1.93. The van der Waals surface area contributed by atoms with Gasteiger partial charge in [-0.15, -0.1) is 11.3 Å². The molecule has 2 aromatic heterocycles. The molecule has 4 nitrogen and oxygen atoms in total. The van der Waals surface area contributed by atoms with Gasteiger partial charge in [-0.1, -0.05) is 0 Å². The second-order valence-electron chi connectivity index (χ2n) is 2.47. The Bertz CT molecular complexity index is 368. The van der Waals surface area contributed by atoms with Crippen molar-refractivity contribution >= 4 is 28.0 Å². The largest absolute Gasteiger partial charge is 0.355 e. The average Bonchev–Trinajstić information content (AvgIpc) is 2.71. The molecule has 0 spiro atoms. The van der Waals surface area contributed by atoms with Gasteiger partial charge in [0.15, 0.2) is 0 Å². The molecule has 0 bridgehead atoms. The molecule has 6 heteroatoms. The Labute approximate surface area is 83.8 Å². The Morgan fingerprint density at radius 2 is 2.46 bits per heavy atom. The second-order valence-corrected chi connectivity index (χ2v) is 4.19. The third-order valence-electron chi connectivity index (χ3n) is 1.42. The number of rotatable bonds is 3. The van der Waals surface area contributed by atoms with E-state index in [1.165, 1.54) is 16.4 Å². The fourth-order valence-corrected chi connectivity index (χ4v) is 1.96.